The topological polar surface area (TPSA) is 128 Å². The van der Waals surface area contributed by atoms with Crippen LogP contribution in [-0.2, 0) is 0 Å². The zero-order valence-corrected chi connectivity index (χ0v) is 10.0. The van der Waals surface area contributed by atoms with Gasteiger partial charge in [0.1, 0.15) is 0 Å². The van der Waals surface area contributed by atoms with Gasteiger partial charge in [-0.1, -0.05) is 5.16 Å². The molecule has 0 fully saturated rings. The average Bonchev–Trinajstić information content (AvgIpc) is 2.30. The number of phenols is 2. The number of aromatic hydroxyl groups is 2. The number of benzene rings is 1. The molecule has 0 saturated carbocycles. The number of hydrogen-bond donors (Lipinski definition) is 5. The molecule has 98 valence electrons. The van der Waals surface area contributed by atoms with Gasteiger partial charge in [0.25, 0.3) is 5.91 Å². The molecule has 0 aromatic heterocycles. The van der Waals surface area contributed by atoms with E-state index in [-0.39, 0.29) is 17.1 Å². The zero-order valence-electron chi connectivity index (χ0n) is 10.0. The standard InChI is InChI=1S/C11H15N3O4/c1-11(2,10(12)14-18)13-9(17)6-3-4-7(15)8(16)5-6/h3-5,15-16,18H,1-2H3,(H2,12,14)(H,13,17). The first kappa shape index (κ1) is 13.6. The third-order valence-corrected chi connectivity index (χ3v) is 2.41. The van der Waals surface area contributed by atoms with Gasteiger partial charge in [0, 0.05) is 5.56 Å². The molecule has 7 heteroatoms. The lowest BCUT2D eigenvalue weighted by Crippen LogP contribution is -2.53. The minimum absolute atomic E-state index is 0.143. The van der Waals surface area contributed by atoms with Gasteiger partial charge in [0.2, 0.25) is 0 Å². The van der Waals surface area contributed by atoms with Gasteiger partial charge in [-0.2, -0.15) is 0 Å². The summed E-state index contributed by atoms with van der Waals surface area (Å²) in [6, 6.07) is 3.65. The van der Waals surface area contributed by atoms with Crippen LogP contribution < -0.4 is 11.1 Å². The van der Waals surface area contributed by atoms with Crippen LogP contribution in [0.4, 0.5) is 0 Å². The van der Waals surface area contributed by atoms with Gasteiger partial charge in [-0.3, -0.25) is 4.79 Å². The van der Waals surface area contributed by atoms with Crippen LogP contribution in [0.2, 0.25) is 0 Å². The summed E-state index contributed by atoms with van der Waals surface area (Å²) in [5, 5.41) is 32.3. The van der Waals surface area contributed by atoms with Crippen LogP contribution in [-0.4, -0.2) is 32.7 Å². The molecule has 1 amide bonds. The summed E-state index contributed by atoms with van der Waals surface area (Å²) in [7, 11) is 0. The number of carbonyl (C=O) groups excluding carboxylic acids is 1. The van der Waals surface area contributed by atoms with Gasteiger partial charge in [-0.15, -0.1) is 0 Å². The van der Waals surface area contributed by atoms with Crippen molar-refractivity contribution in [1.82, 2.24) is 5.32 Å². The fourth-order valence-corrected chi connectivity index (χ4v) is 1.21. The maximum Gasteiger partial charge on any atom is 0.252 e. The van der Waals surface area contributed by atoms with Crippen molar-refractivity contribution < 1.29 is 20.2 Å². The number of oxime groups is 1. The van der Waals surface area contributed by atoms with E-state index in [1.807, 2.05) is 0 Å². The van der Waals surface area contributed by atoms with E-state index in [0.29, 0.717) is 0 Å². The Hall–Kier alpha value is -2.44. The van der Waals surface area contributed by atoms with Crippen molar-refractivity contribution in [3.05, 3.63) is 23.8 Å². The van der Waals surface area contributed by atoms with Gasteiger partial charge in [-0.05, 0) is 32.0 Å². The molecule has 0 heterocycles. The van der Waals surface area contributed by atoms with Gasteiger partial charge >= 0.3 is 0 Å². The smallest absolute Gasteiger partial charge is 0.252 e. The number of hydrogen-bond acceptors (Lipinski definition) is 5. The molecule has 1 rings (SSSR count). The molecule has 0 atom stereocenters. The Labute approximate surface area is 104 Å². The fraction of sp³-hybridized carbons (Fsp3) is 0.273. The van der Waals surface area contributed by atoms with Crippen molar-refractivity contribution in [3.63, 3.8) is 0 Å². The largest absolute Gasteiger partial charge is 0.504 e. The van der Waals surface area contributed by atoms with Crippen LogP contribution in [0.3, 0.4) is 0 Å². The highest BCUT2D eigenvalue weighted by Gasteiger charge is 2.26. The number of nitrogens with zero attached hydrogens (tertiary/aromatic N) is 1. The van der Waals surface area contributed by atoms with E-state index in [4.69, 9.17) is 16.0 Å². The van der Waals surface area contributed by atoms with Crippen molar-refractivity contribution in [2.24, 2.45) is 10.9 Å². The van der Waals surface area contributed by atoms with E-state index >= 15 is 0 Å². The molecule has 7 nitrogen and oxygen atoms in total. The third-order valence-electron chi connectivity index (χ3n) is 2.41. The summed E-state index contributed by atoms with van der Waals surface area (Å²) >= 11 is 0. The molecule has 6 N–H and O–H groups in total. The fourth-order valence-electron chi connectivity index (χ4n) is 1.21. The predicted molar refractivity (Wildman–Crippen MR) is 64.7 cm³/mol. The van der Waals surface area contributed by atoms with Crippen molar-refractivity contribution >= 4 is 11.7 Å². The summed E-state index contributed by atoms with van der Waals surface area (Å²) in [6.45, 7) is 3.11. The molecule has 0 aliphatic carbocycles. The number of nitrogens with two attached hydrogens (primary N) is 1. The lowest BCUT2D eigenvalue weighted by molar-refractivity contribution is 0.0930. The SMILES string of the molecule is CC(C)(NC(=O)c1ccc(O)c(O)c1)/C(N)=N/O. The van der Waals surface area contributed by atoms with E-state index in [9.17, 15) is 9.90 Å². The molecular weight excluding hydrogens is 238 g/mol. The van der Waals surface area contributed by atoms with Crippen LogP contribution in [0.1, 0.15) is 24.2 Å². The number of phenolic OH excluding ortho intramolecular Hbond substituents is 2. The second-order valence-corrected chi connectivity index (χ2v) is 4.27. The quantitative estimate of drug-likeness (QED) is 0.174. The van der Waals surface area contributed by atoms with Crippen molar-refractivity contribution in [3.8, 4) is 11.5 Å². The number of nitrogens with one attached hydrogen (secondary N) is 1. The Morgan fingerprint density at radius 1 is 1.33 bits per heavy atom. The minimum atomic E-state index is -1.04. The molecule has 1 aromatic rings. The summed E-state index contributed by atoms with van der Waals surface area (Å²) in [5.41, 5.74) is 4.53. The Bertz CT molecular complexity index is 497. The van der Waals surface area contributed by atoms with Crippen molar-refractivity contribution in [2.75, 3.05) is 0 Å². The number of carbonyl (C=O) groups is 1. The normalized spacial score (nSPS) is 12.2. The first-order chi connectivity index (χ1) is 8.27. The van der Waals surface area contributed by atoms with Crippen LogP contribution in [0.15, 0.2) is 23.4 Å². The molecule has 18 heavy (non-hydrogen) atoms. The monoisotopic (exact) mass is 253 g/mol. The molecule has 0 aliphatic heterocycles. The van der Waals surface area contributed by atoms with Gasteiger partial charge in [-0.25, -0.2) is 0 Å². The summed E-state index contributed by atoms with van der Waals surface area (Å²) < 4.78 is 0. The minimum Gasteiger partial charge on any atom is -0.504 e. The summed E-state index contributed by atoms with van der Waals surface area (Å²) in [4.78, 5) is 11.8. The zero-order chi connectivity index (χ0) is 13.9. The lowest BCUT2D eigenvalue weighted by atomic mass is 10.0. The maximum absolute atomic E-state index is 11.8. The Balaban J connectivity index is 2.92. The van der Waals surface area contributed by atoms with E-state index in [2.05, 4.69) is 10.5 Å². The lowest BCUT2D eigenvalue weighted by Gasteiger charge is -2.24. The second-order valence-electron chi connectivity index (χ2n) is 4.27. The Morgan fingerprint density at radius 2 is 1.94 bits per heavy atom. The maximum atomic E-state index is 11.8. The van der Waals surface area contributed by atoms with Gasteiger partial charge < -0.3 is 26.5 Å². The van der Waals surface area contributed by atoms with E-state index in [1.54, 1.807) is 13.8 Å². The highest BCUT2D eigenvalue weighted by molar-refractivity contribution is 6.00. The van der Waals surface area contributed by atoms with Gasteiger partial charge in [0.15, 0.2) is 17.3 Å². The van der Waals surface area contributed by atoms with Crippen LogP contribution in [0, 0.1) is 0 Å². The van der Waals surface area contributed by atoms with E-state index in [0.717, 1.165) is 6.07 Å². The molecule has 0 saturated heterocycles. The molecule has 0 radical (unpaired) electrons. The molecule has 0 bridgehead atoms. The average molecular weight is 253 g/mol. The Morgan fingerprint density at radius 3 is 2.44 bits per heavy atom. The number of amidine groups is 1. The number of rotatable bonds is 3. The molecule has 1 aromatic carbocycles. The summed E-state index contributed by atoms with van der Waals surface area (Å²) in [6.07, 6.45) is 0. The Kier molecular flexibility index (Phi) is 3.65. The van der Waals surface area contributed by atoms with E-state index < -0.39 is 17.2 Å². The molecule has 0 spiro atoms. The highest BCUT2D eigenvalue weighted by atomic mass is 16.4. The molecule has 0 unspecified atom stereocenters. The molecule has 0 aliphatic rings. The van der Waals surface area contributed by atoms with Crippen LogP contribution in [0.5, 0.6) is 11.5 Å². The van der Waals surface area contributed by atoms with Crippen LogP contribution in [0.25, 0.3) is 0 Å². The second kappa shape index (κ2) is 4.82. The van der Waals surface area contributed by atoms with E-state index in [1.165, 1.54) is 12.1 Å². The third kappa shape index (κ3) is 2.82. The number of amides is 1. The first-order valence-corrected chi connectivity index (χ1v) is 5.10. The van der Waals surface area contributed by atoms with Crippen molar-refractivity contribution in [1.29, 1.82) is 0 Å². The highest BCUT2D eigenvalue weighted by Crippen LogP contribution is 2.24. The summed E-state index contributed by atoms with van der Waals surface area (Å²) in [5.74, 6) is -1.40. The van der Waals surface area contributed by atoms with Crippen LogP contribution >= 0.6 is 0 Å². The predicted octanol–water partition coefficient (Wildman–Crippen LogP) is 0.353. The first-order valence-electron chi connectivity index (χ1n) is 5.10. The van der Waals surface area contributed by atoms with Gasteiger partial charge in [0.05, 0.1) is 5.54 Å². The van der Waals surface area contributed by atoms with Crippen molar-refractivity contribution in [2.45, 2.75) is 19.4 Å². The molecular formula is C11H15N3O4.